The fraction of sp³-hybridized carbons (Fsp3) is 0.292. The summed E-state index contributed by atoms with van der Waals surface area (Å²) in [6.07, 6.45) is 4.99. The van der Waals surface area contributed by atoms with Crippen LogP contribution < -0.4 is 9.62 Å². The van der Waals surface area contributed by atoms with Crippen molar-refractivity contribution < 1.29 is 18.3 Å². The molecule has 2 aromatic heterocycles. The van der Waals surface area contributed by atoms with Crippen LogP contribution in [0, 0.1) is 0 Å². The molecule has 0 spiro atoms. The highest BCUT2D eigenvalue weighted by atomic mass is 32.2. The highest BCUT2D eigenvalue weighted by Gasteiger charge is 2.27. The van der Waals surface area contributed by atoms with E-state index in [1.165, 1.54) is 12.1 Å². The minimum atomic E-state index is -3.58. The van der Waals surface area contributed by atoms with Crippen LogP contribution in [0.2, 0.25) is 0 Å². The Morgan fingerprint density at radius 3 is 2.45 bits per heavy atom. The molecule has 4 rings (SSSR count). The summed E-state index contributed by atoms with van der Waals surface area (Å²) in [4.78, 5) is 23.8. The predicted octanol–water partition coefficient (Wildman–Crippen LogP) is 3.72. The van der Waals surface area contributed by atoms with Gasteiger partial charge in [0.15, 0.2) is 0 Å². The molecule has 3 aromatic rings. The number of sulfonamides is 1. The van der Waals surface area contributed by atoms with Gasteiger partial charge in [-0.2, -0.15) is 0 Å². The highest BCUT2D eigenvalue weighted by molar-refractivity contribution is 7.92. The number of carbonyl (C=O) groups is 1. The lowest BCUT2D eigenvalue weighted by Gasteiger charge is -2.29. The smallest absolute Gasteiger partial charge is 0.260 e. The van der Waals surface area contributed by atoms with Crippen molar-refractivity contribution in [2.75, 3.05) is 22.4 Å². The Hall–Kier alpha value is -3.46. The van der Waals surface area contributed by atoms with E-state index in [1.54, 1.807) is 23.4 Å². The Kier molecular flexibility index (Phi) is 5.61. The van der Waals surface area contributed by atoms with Gasteiger partial charge in [-0.3, -0.25) is 19.5 Å². The van der Waals surface area contributed by atoms with Crippen molar-refractivity contribution in [3.8, 4) is 17.0 Å². The molecule has 0 radical (unpaired) electrons. The van der Waals surface area contributed by atoms with E-state index in [-0.39, 0.29) is 22.8 Å². The molecule has 0 unspecified atom stereocenters. The molecule has 9 heteroatoms. The number of aromatic nitrogens is 2. The van der Waals surface area contributed by atoms with Gasteiger partial charge in [0.2, 0.25) is 10.0 Å². The van der Waals surface area contributed by atoms with Crippen LogP contribution in [-0.2, 0) is 21.9 Å². The zero-order valence-corrected chi connectivity index (χ0v) is 19.8. The largest absolute Gasteiger partial charge is 0.506 e. The minimum Gasteiger partial charge on any atom is -0.506 e. The van der Waals surface area contributed by atoms with E-state index in [0.29, 0.717) is 24.2 Å². The van der Waals surface area contributed by atoms with Crippen molar-refractivity contribution in [3.05, 3.63) is 65.6 Å². The normalized spacial score (nSPS) is 14.2. The number of benzene rings is 1. The molecule has 8 nitrogen and oxygen atoms in total. The fourth-order valence-corrected chi connectivity index (χ4v) is 4.31. The molecule has 2 N–H and O–H groups in total. The van der Waals surface area contributed by atoms with Crippen LogP contribution in [0.1, 0.15) is 42.4 Å². The Labute approximate surface area is 193 Å². The van der Waals surface area contributed by atoms with Crippen molar-refractivity contribution in [3.63, 3.8) is 0 Å². The summed E-state index contributed by atoms with van der Waals surface area (Å²) in [5.74, 6) is -0.445. The van der Waals surface area contributed by atoms with E-state index in [2.05, 4.69) is 35.5 Å². The van der Waals surface area contributed by atoms with Gasteiger partial charge in [-0.05, 0) is 48.4 Å². The van der Waals surface area contributed by atoms with Gasteiger partial charge in [0.25, 0.3) is 5.91 Å². The van der Waals surface area contributed by atoms with E-state index in [9.17, 15) is 18.3 Å². The second kappa shape index (κ2) is 8.15. The highest BCUT2D eigenvalue weighted by Crippen LogP contribution is 2.33. The predicted molar refractivity (Wildman–Crippen MR) is 128 cm³/mol. The minimum absolute atomic E-state index is 0.0215. The first-order valence-electron chi connectivity index (χ1n) is 10.5. The summed E-state index contributed by atoms with van der Waals surface area (Å²) in [5.41, 5.74) is 4.50. The molecule has 1 aromatic carbocycles. The van der Waals surface area contributed by atoms with Gasteiger partial charge in [-0.1, -0.05) is 20.8 Å². The number of aromatic hydroxyl groups is 1. The van der Waals surface area contributed by atoms with Gasteiger partial charge in [0.1, 0.15) is 5.75 Å². The van der Waals surface area contributed by atoms with Crippen molar-refractivity contribution in [2.24, 2.45) is 0 Å². The van der Waals surface area contributed by atoms with E-state index in [1.807, 2.05) is 18.2 Å². The third-order valence-corrected chi connectivity index (χ3v) is 6.08. The zero-order chi connectivity index (χ0) is 24.0. The number of amides is 1. The Morgan fingerprint density at radius 1 is 1.06 bits per heavy atom. The lowest BCUT2D eigenvalue weighted by molar-refractivity contribution is 0.0980. The number of phenolic OH excluding ortho intramolecular Hbond substituents is 1. The van der Waals surface area contributed by atoms with E-state index in [4.69, 9.17) is 0 Å². The number of hydrogen-bond donors (Lipinski definition) is 2. The molecule has 1 amide bonds. The van der Waals surface area contributed by atoms with Crippen LogP contribution in [0.15, 0.2) is 48.8 Å². The number of hydrogen-bond acceptors (Lipinski definition) is 6. The van der Waals surface area contributed by atoms with Crippen molar-refractivity contribution in [2.45, 2.75) is 32.6 Å². The summed E-state index contributed by atoms with van der Waals surface area (Å²) in [6.45, 7) is 6.74. The van der Waals surface area contributed by atoms with Crippen LogP contribution in [0.25, 0.3) is 11.3 Å². The number of nitrogens with one attached hydrogen (secondary N) is 1. The van der Waals surface area contributed by atoms with Crippen LogP contribution in [0.5, 0.6) is 5.75 Å². The third-order valence-electron chi connectivity index (χ3n) is 5.48. The Morgan fingerprint density at radius 2 is 1.82 bits per heavy atom. The van der Waals surface area contributed by atoms with Crippen molar-refractivity contribution in [1.82, 2.24) is 9.97 Å². The summed E-state index contributed by atoms with van der Waals surface area (Å²) in [6, 6.07) is 10.3. The monoisotopic (exact) mass is 466 g/mol. The van der Waals surface area contributed by atoms with Gasteiger partial charge < -0.3 is 10.0 Å². The van der Waals surface area contributed by atoms with E-state index in [0.717, 1.165) is 28.8 Å². The average Bonchev–Trinajstić information content (AvgIpc) is 2.74. The lowest BCUT2D eigenvalue weighted by Crippen LogP contribution is -2.37. The maximum Gasteiger partial charge on any atom is 0.260 e. The molecule has 0 fully saturated rings. The van der Waals surface area contributed by atoms with Gasteiger partial charge >= 0.3 is 0 Å². The number of phenols is 1. The lowest BCUT2D eigenvalue weighted by atomic mass is 9.91. The number of fused-ring (bicyclic) bond motifs is 1. The molecule has 172 valence electrons. The molecular weight excluding hydrogens is 440 g/mol. The first-order valence-corrected chi connectivity index (χ1v) is 12.4. The fourth-order valence-electron chi connectivity index (χ4n) is 3.74. The van der Waals surface area contributed by atoms with Gasteiger partial charge in [0.05, 0.1) is 23.2 Å². The van der Waals surface area contributed by atoms with E-state index < -0.39 is 10.0 Å². The van der Waals surface area contributed by atoms with Crippen molar-refractivity contribution in [1.29, 1.82) is 0 Å². The Balaban J connectivity index is 1.61. The Bertz CT molecular complexity index is 1330. The molecule has 0 saturated carbocycles. The number of rotatable bonds is 4. The van der Waals surface area contributed by atoms with Crippen LogP contribution in [0.4, 0.5) is 11.4 Å². The summed E-state index contributed by atoms with van der Waals surface area (Å²) in [7, 11) is -3.58. The third kappa shape index (κ3) is 4.83. The molecule has 0 atom stereocenters. The van der Waals surface area contributed by atoms with Gasteiger partial charge in [-0.15, -0.1) is 0 Å². The van der Waals surface area contributed by atoms with Gasteiger partial charge in [-0.25, -0.2) is 8.42 Å². The summed E-state index contributed by atoms with van der Waals surface area (Å²) >= 11 is 0. The maximum atomic E-state index is 13.2. The van der Waals surface area contributed by atoms with Crippen LogP contribution >= 0.6 is 0 Å². The first-order chi connectivity index (χ1) is 15.4. The molecule has 0 saturated heterocycles. The molecule has 33 heavy (non-hydrogen) atoms. The standard InChI is InChI=1S/C24H26N4O4S/c1-24(2,3)22-8-5-16(13-26-22)19-11-15-9-10-28(23(30)18(15)14-25-19)17-6-7-21(29)20(12-17)27-33(4,31)32/h5-8,11-14,27,29H,9-10H2,1-4H3. The van der Waals surface area contributed by atoms with E-state index >= 15 is 0 Å². The molecule has 1 aliphatic rings. The van der Waals surface area contributed by atoms with Crippen LogP contribution in [-0.4, -0.2) is 42.2 Å². The number of nitrogens with zero attached hydrogens (tertiary/aromatic N) is 3. The first kappa shape index (κ1) is 22.7. The molecule has 3 heterocycles. The number of anilines is 2. The van der Waals surface area contributed by atoms with Crippen LogP contribution in [0.3, 0.4) is 0 Å². The van der Waals surface area contributed by atoms with Crippen molar-refractivity contribution >= 4 is 27.3 Å². The maximum absolute atomic E-state index is 13.2. The zero-order valence-electron chi connectivity index (χ0n) is 19.0. The number of pyridine rings is 2. The second-order valence-electron chi connectivity index (χ2n) is 9.19. The molecular formula is C24H26N4O4S. The molecule has 0 aliphatic carbocycles. The average molecular weight is 467 g/mol. The molecule has 1 aliphatic heterocycles. The molecule has 0 bridgehead atoms. The topological polar surface area (TPSA) is 112 Å². The SMILES string of the molecule is CC(C)(C)c1ccc(-c2cc3c(cn2)C(=O)N(c2ccc(O)c(NS(C)(=O)=O)c2)CC3)cn1. The second-order valence-corrected chi connectivity index (χ2v) is 10.9. The summed E-state index contributed by atoms with van der Waals surface area (Å²) in [5, 5.41) is 9.98. The summed E-state index contributed by atoms with van der Waals surface area (Å²) < 4.78 is 25.4. The quantitative estimate of drug-likeness (QED) is 0.567. The number of carbonyl (C=O) groups excluding carboxylic acids is 1. The van der Waals surface area contributed by atoms with Gasteiger partial charge in [0, 0.05) is 41.3 Å².